The summed E-state index contributed by atoms with van der Waals surface area (Å²) in [5, 5.41) is 9.18. The summed E-state index contributed by atoms with van der Waals surface area (Å²) in [4.78, 5) is 24.1. The van der Waals surface area contributed by atoms with Crippen molar-refractivity contribution < 1.29 is 23.8 Å². The number of nitrogen functional groups attached to an aromatic ring is 1. The number of carbonyl (C=O) groups is 2. The lowest BCUT2D eigenvalue weighted by molar-refractivity contribution is 0.0592. The Kier molecular flexibility index (Phi) is 3.62. The number of hydrogen-bond donors (Lipinski definition) is 1. The molecule has 0 spiro atoms. The summed E-state index contributed by atoms with van der Waals surface area (Å²) in [5.74, 6) is -0.105. The molecular formula is C16H13N3O5. The Morgan fingerprint density at radius 1 is 1.33 bits per heavy atom. The van der Waals surface area contributed by atoms with E-state index >= 15 is 0 Å². The van der Waals surface area contributed by atoms with E-state index in [0.29, 0.717) is 22.7 Å². The van der Waals surface area contributed by atoms with E-state index < -0.39 is 5.97 Å². The maximum absolute atomic E-state index is 12.1. The Hall–Kier alpha value is -3.47. The molecule has 0 saturated heterocycles. The summed E-state index contributed by atoms with van der Waals surface area (Å²) in [6.07, 6.45) is 1.38. The molecule has 1 aromatic carbocycles. The first kappa shape index (κ1) is 15.4. The third kappa shape index (κ3) is 2.23. The monoisotopic (exact) mass is 327 g/mol. The van der Waals surface area contributed by atoms with Crippen molar-refractivity contribution in [2.45, 2.75) is 6.92 Å². The van der Waals surface area contributed by atoms with E-state index in [1.807, 2.05) is 6.07 Å². The van der Waals surface area contributed by atoms with Crippen molar-refractivity contribution in [3.8, 4) is 23.3 Å². The van der Waals surface area contributed by atoms with E-state index in [4.69, 9.17) is 19.9 Å². The lowest BCUT2D eigenvalue weighted by Gasteiger charge is -2.13. The zero-order valence-corrected chi connectivity index (χ0v) is 13.0. The molecule has 2 heterocycles. The second-order valence-electron chi connectivity index (χ2n) is 5.06. The largest absolute Gasteiger partial charge is 0.464 e. The molecule has 2 N–H and O–H groups in total. The predicted molar refractivity (Wildman–Crippen MR) is 82.4 cm³/mol. The SMILES string of the molecule is COC(=O)c1c(N)c(C#N)cn1-c1cc2c(cc1C(C)=O)OCO2. The number of esters is 1. The number of nitrogens with zero attached hydrogens (tertiary/aromatic N) is 2. The van der Waals surface area contributed by atoms with Crippen LogP contribution in [0.2, 0.25) is 0 Å². The molecule has 1 aromatic heterocycles. The van der Waals surface area contributed by atoms with Crippen LogP contribution in [0, 0.1) is 11.3 Å². The Bertz CT molecular complexity index is 907. The maximum atomic E-state index is 12.1. The molecule has 0 amide bonds. The van der Waals surface area contributed by atoms with E-state index in [1.165, 1.54) is 30.9 Å². The van der Waals surface area contributed by atoms with Crippen molar-refractivity contribution in [2.75, 3.05) is 19.6 Å². The van der Waals surface area contributed by atoms with Gasteiger partial charge in [-0.15, -0.1) is 0 Å². The Balaban J connectivity index is 2.32. The van der Waals surface area contributed by atoms with E-state index in [9.17, 15) is 14.9 Å². The first-order valence-electron chi connectivity index (χ1n) is 6.92. The van der Waals surface area contributed by atoms with Gasteiger partial charge in [-0.05, 0) is 13.0 Å². The number of anilines is 1. The van der Waals surface area contributed by atoms with Gasteiger partial charge in [-0.1, -0.05) is 0 Å². The molecule has 24 heavy (non-hydrogen) atoms. The molecule has 8 nitrogen and oxygen atoms in total. The quantitative estimate of drug-likeness (QED) is 0.673. The molecule has 1 aliphatic rings. The number of rotatable bonds is 3. The van der Waals surface area contributed by atoms with E-state index in [1.54, 1.807) is 6.07 Å². The van der Waals surface area contributed by atoms with E-state index in [2.05, 4.69) is 0 Å². The van der Waals surface area contributed by atoms with Crippen molar-refractivity contribution in [2.24, 2.45) is 0 Å². The molecule has 3 rings (SSSR count). The van der Waals surface area contributed by atoms with Crippen LogP contribution in [0.4, 0.5) is 5.69 Å². The van der Waals surface area contributed by atoms with Crippen molar-refractivity contribution in [1.29, 1.82) is 5.26 Å². The van der Waals surface area contributed by atoms with Crippen LogP contribution in [-0.2, 0) is 4.74 Å². The van der Waals surface area contributed by atoms with Gasteiger partial charge in [0, 0.05) is 17.8 Å². The number of carbonyl (C=O) groups excluding carboxylic acids is 2. The molecule has 0 fully saturated rings. The summed E-state index contributed by atoms with van der Waals surface area (Å²) >= 11 is 0. The smallest absolute Gasteiger partial charge is 0.357 e. The summed E-state index contributed by atoms with van der Waals surface area (Å²) in [6.45, 7) is 1.42. The van der Waals surface area contributed by atoms with Crippen LogP contribution < -0.4 is 15.2 Å². The number of benzene rings is 1. The maximum Gasteiger partial charge on any atom is 0.357 e. The fourth-order valence-corrected chi connectivity index (χ4v) is 2.52. The zero-order chi connectivity index (χ0) is 17.4. The minimum atomic E-state index is -0.721. The van der Waals surface area contributed by atoms with Gasteiger partial charge in [0.15, 0.2) is 23.0 Å². The molecule has 0 radical (unpaired) electrons. The normalized spacial score (nSPS) is 11.9. The van der Waals surface area contributed by atoms with Gasteiger partial charge in [0.2, 0.25) is 6.79 Å². The fraction of sp³-hybridized carbons (Fsp3) is 0.188. The third-order valence-electron chi connectivity index (χ3n) is 3.67. The first-order chi connectivity index (χ1) is 11.5. The van der Waals surface area contributed by atoms with Crippen LogP contribution in [0.15, 0.2) is 18.3 Å². The summed E-state index contributed by atoms with van der Waals surface area (Å²) in [7, 11) is 1.21. The summed E-state index contributed by atoms with van der Waals surface area (Å²) in [6, 6.07) is 5.00. The number of fused-ring (bicyclic) bond motifs is 1. The minimum Gasteiger partial charge on any atom is -0.464 e. The van der Waals surface area contributed by atoms with Gasteiger partial charge in [0.05, 0.1) is 24.0 Å². The number of nitrogens with two attached hydrogens (primary N) is 1. The number of methoxy groups -OCH3 is 1. The highest BCUT2D eigenvalue weighted by atomic mass is 16.7. The fourth-order valence-electron chi connectivity index (χ4n) is 2.52. The van der Waals surface area contributed by atoms with Crippen LogP contribution in [0.3, 0.4) is 0 Å². The molecule has 0 aliphatic carbocycles. The number of ketones is 1. The minimum absolute atomic E-state index is 0.0171. The van der Waals surface area contributed by atoms with Crippen molar-refractivity contribution in [3.63, 3.8) is 0 Å². The van der Waals surface area contributed by atoms with Crippen molar-refractivity contribution in [1.82, 2.24) is 4.57 Å². The number of nitriles is 1. The molecule has 8 heteroatoms. The highest BCUT2D eigenvalue weighted by Crippen LogP contribution is 2.38. The number of hydrogen-bond acceptors (Lipinski definition) is 7. The Morgan fingerprint density at radius 2 is 2.00 bits per heavy atom. The number of Topliss-reactive ketones (excluding diaryl/α,β-unsaturated/α-hetero) is 1. The molecule has 0 bridgehead atoms. The van der Waals surface area contributed by atoms with Crippen LogP contribution in [0.5, 0.6) is 11.5 Å². The second-order valence-corrected chi connectivity index (χ2v) is 5.06. The first-order valence-corrected chi connectivity index (χ1v) is 6.92. The zero-order valence-electron chi connectivity index (χ0n) is 13.0. The third-order valence-corrected chi connectivity index (χ3v) is 3.67. The topological polar surface area (TPSA) is 117 Å². The van der Waals surface area contributed by atoms with E-state index in [-0.39, 0.29) is 29.5 Å². The van der Waals surface area contributed by atoms with Gasteiger partial charge >= 0.3 is 5.97 Å². The van der Waals surface area contributed by atoms with Gasteiger partial charge in [-0.2, -0.15) is 5.26 Å². The van der Waals surface area contributed by atoms with Crippen LogP contribution in [0.1, 0.15) is 33.3 Å². The molecule has 122 valence electrons. The standard InChI is InChI=1S/C16H13N3O5/c1-8(20)10-3-12-13(24-7-23-12)4-11(10)19-6-9(5-17)14(18)15(19)16(21)22-2/h3-4,6H,7,18H2,1-2H3. The second kappa shape index (κ2) is 5.62. The van der Waals surface area contributed by atoms with Gasteiger partial charge in [-0.3, -0.25) is 4.79 Å². The Labute approximate surface area is 136 Å². The average Bonchev–Trinajstić information content (AvgIpc) is 3.16. The van der Waals surface area contributed by atoms with Gasteiger partial charge in [0.1, 0.15) is 6.07 Å². The number of aromatic nitrogens is 1. The predicted octanol–water partition coefficient (Wildman–Crippen LogP) is 1.65. The Morgan fingerprint density at radius 3 is 2.58 bits per heavy atom. The van der Waals surface area contributed by atoms with Crippen LogP contribution in [0.25, 0.3) is 5.69 Å². The van der Waals surface area contributed by atoms with Crippen LogP contribution >= 0.6 is 0 Å². The van der Waals surface area contributed by atoms with Gasteiger partial charge in [0.25, 0.3) is 0 Å². The molecule has 0 saturated carbocycles. The van der Waals surface area contributed by atoms with E-state index in [0.717, 1.165) is 0 Å². The summed E-state index contributed by atoms with van der Waals surface area (Å²) in [5.41, 5.74) is 6.58. The molecule has 1 aliphatic heterocycles. The van der Waals surface area contributed by atoms with Crippen molar-refractivity contribution >= 4 is 17.4 Å². The molecule has 0 unspecified atom stereocenters. The molecule has 2 aromatic rings. The number of ether oxygens (including phenoxy) is 3. The average molecular weight is 327 g/mol. The summed E-state index contributed by atoms with van der Waals surface area (Å²) < 4.78 is 16.7. The van der Waals surface area contributed by atoms with Gasteiger partial charge < -0.3 is 24.5 Å². The highest BCUT2D eigenvalue weighted by molar-refractivity contribution is 6.01. The lowest BCUT2D eigenvalue weighted by Crippen LogP contribution is -2.13. The van der Waals surface area contributed by atoms with Crippen LogP contribution in [-0.4, -0.2) is 30.2 Å². The van der Waals surface area contributed by atoms with Gasteiger partial charge in [-0.25, -0.2) is 4.79 Å². The highest BCUT2D eigenvalue weighted by Gasteiger charge is 2.26. The van der Waals surface area contributed by atoms with Crippen molar-refractivity contribution in [3.05, 3.63) is 35.2 Å². The lowest BCUT2D eigenvalue weighted by atomic mass is 10.1. The molecule has 0 atom stereocenters. The molecular weight excluding hydrogens is 314 g/mol.